The Labute approximate surface area is 245 Å². The maximum atomic E-state index is 2.45. The molecule has 0 aromatic carbocycles. The quantitative estimate of drug-likeness (QED) is 0.115. The molecule has 0 aliphatic carbocycles. The van der Waals surface area contributed by atoms with E-state index >= 15 is 0 Å². The molecule has 0 aromatic rings. The van der Waals surface area contributed by atoms with E-state index in [1.165, 1.54) is 116 Å². The first-order valence-electron chi connectivity index (χ1n) is 17.8. The number of hydrogen-bond acceptors (Lipinski definition) is 0. The van der Waals surface area contributed by atoms with Crippen LogP contribution in [0.15, 0.2) is 0 Å². The summed E-state index contributed by atoms with van der Waals surface area (Å²) in [5.74, 6) is 7.31. The summed E-state index contributed by atoms with van der Waals surface area (Å²) in [5.41, 5.74) is 0. The number of rotatable bonds is 24. The highest BCUT2D eigenvalue weighted by Crippen LogP contribution is 2.23. The molecule has 0 amide bonds. The van der Waals surface area contributed by atoms with Gasteiger partial charge in [0.05, 0.1) is 0 Å². The van der Waals surface area contributed by atoms with Crippen molar-refractivity contribution in [1.82, 2.24) is 0 Å². The summed E-state index contributed by atoms with van der Waals surface area (Å²) in [6.07, 6.45) is 25.9. The molecule has 0 aromatic heterocycles. The Morgan fingerprint density at radius 1 is 0.211 bits per heavy atom. The van der Waals surface area contributed by atoms with E-state index < -0.39 is 0 Å². The molecule has 4 unspecified atom stereocenters. The summed E-state index contributed by atoms with van der Waals surface area (Å²) < 4.78 is 0. The lowest BCUT2D eigenvalue weighted by Crippen LogP contribution is -2.00. The van der Waals surface area contributed by atoms with E-state index in [0.717, 1.165) is 47.3 Å². The van der Waals surface area contributed by atoms with Crippen molar-refractivity contribution in [2.24, 2.45) is 47.3 Å². The fourth-order valence-corrected chi connectivity index (χ4v) is 5.71. The van der Waals surface area contributed by atoms with Gasteiger partial charge in [0, 0.05) is 0 Å². The first-order chi connectivity index (χ1) is 17.8. The molecule has 38 heavy (non-hydrogen) atoms. The number of hydrogen-bond donors (Lipinski definition) is 0. The van der Waals surface area contributed by atoms with Crippen molar-refractivity contribution in [2.75, 3.05) is 0 Å². The van der Waals surface area contributed by atoms with Crippen molar-refractivity contribution in [3.8, 4) is 0 Å². The fraction of sp³-hybridized carbons (Fsp3) is 1.00. The molecule has 0 radical (unpaired) electrons. The van der Waals surface area contributed by atoms with Gasteiger partial charge < -0.3 is 0 Å². The van der Waals surface area contributed by atoms with Gasteiger partial charge in [-0.15, -0.1) is 0 Å². The van der Waals surface area contributed by atoms with Gasteiger partial charge in [-0.25, -0.2) is 0 Å². The zero-order valence-electron chi connectivity index (χ0n) is 29.3. The maximum Gasteiger partial charge on any atom is -0.0443 e. The van der Waals surface area contributed by atoms with Crippen LogP contribution < -0.4 is 0 Å². The normalized spacial score (nSPS) is 15.2. The molecule has 0 nitrogen and oxygen atoms in total. The van der Waals surface area contributed by atoms with Crippen LogP contribution in [0.5, 0.6) is 0 Å². The summed E-state index contributed by atoms with van der Waals surface area (Å²) in [7, 11) is 0. The van der Waals surface area contributed by atoms with Crippen LogP contribution in [-0.2, 0) is 0 Å². The van der Waals surface area contributed by atoms with E-state index in [4.69, 9.17) is 0 Å². The average Bonchev–Trinajstić information content (AvgIpc) is 2.78. The molecule has 0 bridgehead atoms. The second kappa shape index (κ2) is 27.2. The Kier molecular flexibility index (Phi) is 28.7. The predicted molar refractivity (Wildman–Crippen MR) is 179 cm³/mol. The minimum atomic E-state index is 0.883. The maximum absolute atomic E-state index is 2.45. The van der Waals surface area contributed by atoms with Crippen LogP contribution in [0.4, 0.5) is 0 Å². The molecule has 0 spiro atoms. The minimum absolute atomic E-state index is 0.883. The van der Waals surface area contributed by atoms with Crippen molar-refractivity contribution in [1.29, 1.82) is 0 Å². The molecule has 0 rings (SSSR count). The first kappa shape index (κ1) is 40.1. The van der Waals surface area contributed by atoms with Crippen molar-refractivity contribution in [3.63, 3.8) is 0 Å². The van der Waals surface area contributed by atoms with E-state index in [-0.39, 0.29) is 0 Å². The third kappa shape index (κ3) is 34.0. The van der Waals surface area contributed by atoms with Crippen LogP contribution in [0.3, 0.4) is 0 Å². The molecule has 232 valence electrons. The van der Waals surface area contributed by atoms with Gasteiger partial charge in [0.25, 0.3) is 0 Å². The van der Waals surface area contributed by atoms with Crippen LogP contribution in [0.2, 0.25) is 0 Å². The van der Waals surface area contributed by atoms with Gasteiger partial charge >= 0.3 is 0 Å². The van der Waals surface area contributed by atoms with Crippen LogP contribution in [0.1, 0.15) is 199 Å². The summed E-state index contributed by atoms with van der Waals surface area (Å²) in [5, 5.41) is 0. The Balaban J connectivity index is 0. The smallest absolute Gasteiger partial charge is 0.0443 e. The Morgan fingerprint density at radius 2 is 0.342 bits per heavy atom. The van der Waals surface area contributed by atoms with Crippen molar-refractivity contribution >= 4 is 0 Å². The van der Waals surface area contributed by atoms with Gasteiger partial charge in [0.1, 0.15) is 0 Å². The van der Waals surface area contributed by atoms with Crippen molar-refractivity contribution in [2.45, 2.75) is 199 Å². The molecule has 0 N–H and O–H groups in total. The SMILES string of the molecule is CC(C)CCCC(C)CCCC(C)CCCC(C)C.CC(C)CCCC(C)CCCC(C)CCCC(C)C. The standard InChI is InChI=1S/2C19H40/c2*1-16(2)10-7-12-18(5)14-9-15-19(6)13-8-11-17(3)4/h2*16-19H,7-15H2,1-6H3. The molecule has 4 atom stereocenters. The van der Waals surface area contributed by atoms with Crippen LogP contribution in [0.25, 0.3) is 0 Å². The van der Waals surface area contributed by atoms with Gasteiger partial charge in [-0.1, -0.05) is 199 Å². The van der Waals surface area contributed by atoms with Gasteiger partial charge in [-0.2, -0.15) is 0 Å². The minimum Gasteiger partial charge on any atom is -0.0628 e. The molecule has 0 saturated carbocycles. The van der Waals surface area contributed by atoms with Gasteiger partial charge in [0.2, 0.25) is 0 Å². The largest absolute Gasteiger partial charge is 0.0628 e. The van der Waals surface area contributed by atoms with Crippen LogP contribution in [-0.4, -0.2) is 0 Å². The Bertz CT molecular complexity index is 363. The highest BCUT2D eigenvalue weighted by molar-refractivity contribution is 4.61. The third-order valence-corrected chi connectivity index (χ3v) is 8.70. The summed E-state index contributed by atoms with van der Waals surface area (Å²) >= 11 is 0. The van der Waals surface area contributed by atoms with E-state index in [0.29, 0.717) is 0 Å². The predicted octanol–water partition coefficient (Wildman–Crippen LogP) is 14.2. The van der Waals surface area contributed by atoms with E-state index in [1.54, 1.807) is 0 Å². The highest BCUT2D eigenvalue weighted by atomic mass is 14.1. The van der Waals surface area contributed by atoms with E-state index in [2.05, 4.69) is 83.1 Å². The second-order valence-electron chi connectivity index (χ2n) is 15.6. The van der Waals surface area contributed by atoms with E-state index in [1.807, 2.05) is 0 Å². The second-order valence-corrected chi connectivity index (χ2v) is 15.6. The van der Waals surface area contributed by atoms with Crippen molar-refractivity contribution in [3.05, 3.63) is 0 Å². The van der Waals surface area contributed by atoms with Crippen molar-refractivity contribution < 1.29 is 0 Å². The molecule has 0 aliphatic rings. The lowest BCUT2D eigenvalue weighted by molar-refractivity contribution is 0.381. The zero-order chi connectivity index (χ0) is 29.3. The molecular formula is C38H80. The van der Waals surface area contributed by atoms with E-state index in [9.17, 15) is 0 Å². The van der Waals surface area contributed by atoms with Gasteiger partial charge in [-0.3, -0.25) is 0 Å². The van der Waals surface area contributed by atoms with Gasteiger partial charge in [0.15, 0.2) is 0 Å². The Morgan fingerprint density at radius 3 is 0.474 bits per heavy atom. The Hall–Kier alpha value is 0. The monoisotopic (exact) mass is 537 g/mol. The third-order valence-electron chi connectivity index (χ3n) is 8.70. The highest BCUT2D eigenvalue weighted by Gasteiger charge is 2.08. The topological polar surface area (TPSA) is 0 Å². The summed E-state index contributed by atoms with van der Waals surface area (Å²) in [6, 6.07) is 0. The molecular weight excluding hydrogens is 456 g/mol. The molecule has 0 saturated heterocycles. The fourth-order valence-electron chi connectivity index (χ4n) is 5.71. The lowest BCUT2D eigenvalue weighted by Gasteiger charge is -2.15. The first-order valence-corrected chi connectivity index (χ1v) is 17.8. The zero-order valence-corrected chi connectivity index (χ0v) is 29.3. The van der Waals surface area contributed by atoms with Crippen LogP contribution in [0, 0.1) is 47.3 Å². The molecule has 0 fully saturated rings. The summed E-state index contributed by atoms with van der Waals surface area (Å²) in [4.78, 5) is 0. The van der Waals surface area contributed by atoms with Gasteiger partial charge in [-0.05, 0) is 47.3 Å². The van der Waals surface area contributed by atoms with Crippen LogP contribution >= 0.6 is 0 Å². The molecule has 0 aliphatic heterocycles. The summed E-state index contributed by atoms with van der Waals surface area (Å²) in [6.45, 7) is 28.5. The molecule has 0 heterocycles. The lowest BCUT2D eigenvalue weighted by atomic mass is 9.91. The average molecular weight is 537 g/mol. The molecule has 0 heteroatoms.